The van der Waals surface area contributed by atoms with Crippen molar-refractivity contribution in [3.8, 4) is 0 Å². The number of nitrogens with one attached hydrogen (secondary N) is 1. The van der Waals surface area contributed by atoms with Crippen molar-refractivity contribution >= 4 is 16.9 Å². The first-order valence-electron chi connectivity index (χ1n) is 11.9. The van der Waals surface area contributed by atoms with Crippen LogP contribution in [-0.2, 0) is 13.0 Å². The van der Waals surface area contributed by atoms with Gasteiger partial charge >= 0.3 is 0 Å². The third-order valence-electron chi connectivity index (χ3n) is 5.76. The summed E-state index contributed by atoms with van der Waals surface area (Å²) < 4.78 is 2.38. The molecule has 3 aromatic rings. The summed E-state index contributed by atoms with van der Waals surface area (Å²) in [4.78, 5) is 21.1. The Labute approximate surface area is 186 Å². The van der Waals surface area contributed by atoms with E-state index in [1.165, 1.54) is 56.9 Å². The SMILES string of the molecule is CCCCCCCCCCn1c(CCCNC(=O)c2cccnc2)nc2ccccc21. The van der Waals surface area contributed by atoms with Gasteiger partial charge in [0.25, 0.3) is 5.91 Å². The number of hydrogen-bond acceptors (Lipinski definition) is 3. The summed E-state index contributed by atoms with van der Waals surface area (Å²) in [5.41, 5.74) is 2.89. The maximum atomic E-state index is 12.2. The lowest BCUT2D eigenvalue weighted by Gasteiger charge is -2.10. The fourth-order valence-corrected chi connectivity index (χ4v) is 4.02. The highest BCUT2D eigenvalue weighted by molar-refractivity contribution is 5.93. The van der Waals surface area contributed by atoms with E-state index in [2.05, 4.69) is 40.0 Å². The van der Waals surface area contributed by atoms with Gasteiger partial charge in [0, 0.05) is 31.9 Å². The summed E-state index contributed by atoms with van der Waals surface area (Å²) in [6, 6.07) is 12.0. The third kappa shape index (κ3) is 7.20. The molecule has 0 saturated heterocycles. The van der Waals surface area contributed by atoms with Crippen LogP contribution in [0.25, 0.3) is 11.0 Å². The lowest BCUT2D eigenvalue weighted by atomic mass is 10.1. The second kappa shape index (κ2) is 12.9. The molecule has 0 bridgehead atoms. The molecule has 0 spiro atoms. The van der Waals surface area contributed by atoms with E-state index in [9.17, 15) is 4.79 Å². The maximum Gasteiger partial charge on any atom is 0.252 e. The molecule has 0 atom stereocenters. The van der Waals surface area contributed by atoms with Gasteiger partial charge in [-0.25, -0.2) is 4.98 Å². The molecular weight excluding hydrogens is 384 g/mol. The number of para-hydroxylation sites is 2. The van der Waals surface area contributed by atoms with Gasteiger partial charge in [-0.05, 0) is 37.1 Å². The lowest BCUT2D eigenvalue weighted by Crippen LogP contribution is -2.25. The molecule has 0 aliphatic rings. The molecule has 3 rings (SSSR count). The van der Waals surface area contributed by atoms with Crippen molar-refractivity contribution in [1.29, 1.82) is 0 Å². The van der Waals surface area contributed by atoms with Gasteiger partial charge in [0.05, 0.1) is 16.6 Å². The third-order valence-corrected chi connectivity index (χ3v) is 5.76. The van der Waals surface area contributed by atoms with Crippen molar-refractivity contribution in [2.24, 2.45) is 0 Å². The summed E-state index contributed by atoms with van der Waals surface area (Å²) >= 11 is 0. The Morgan fingerprint density at radius 1 is 0.935 bits per heavy atom. The first-order chi connectivity index (χ1) is 15.3. The first kappa shape index (κ1) is 23.0. The van der Waals surface area contributed by atoms with E-state index in [0.29, 0.717) is 12.1 Å². The van der Waals surface area contributed by atoms with Crippen molar-refractivity contribution in [2.45, 2.75) is 77.7 Å². The molecule has 1 amide bonds. The highest BCUT2D eigenvalue weighted by Gasteiger charge is 2.10. The molecule has 0 unspecified atom stereocenters. The molecule has 31 heavy (non-hydrogen) atoms. The van der Waals surface area contributed by atoms with Gasteiger partial charge in [0.15, 0.2) is 0 Å². The molecule has 0 aliphatic heterocycles. The van der Waals surface area contributed by atoms with Crippen LogP contribution in [0, 0.1) is 0 Å². The Balaban J connectivity index is 1.47. The average molecular weight is 421 g/mol. The summed E-state index contributed by atoms with van der Waals surface area (Å²) in [5, 5.41) is 2.99. The number of aryl methyl sites for hydroxylation is 2. The highest BCUT2D eigenvalue weighted by Crippen LogP contribution is 2.19. The number of pyridine rings is 1. The minimum Gasteiger partial charge on any atom is -0.352 e. The van der Waals surface area contributed by atoms with Gasteiger partial charge < -0.3 is 9.88 Å². The van der Waals surface area contributed by atoms with Crippen LogP contribution in [0.4, 0.5) is 0 Å². The number of carbonyl (C=O) groups excluding carboxylic acids is 1. The van der Waals surface area contributed by atoms with Crippen LogP contribution in [0.1, 0.15) is 80.9 Å². The standard InChI is InChI=1S/C26H36N4O/c1-2-3-4-5-6-7-8-11-20-30-24-16-10-9-15-23(24)29-25(30)17-13-19-28-26(31)22-14-12-18-27-21-22/h9-10,12,14-16,18,21H,2-8,11,13,17,19-20H2,1H3,(H,28,31). The summed E-state index contributed by atoms with van der Waals surface area (Å²) in [6.45, 7) is 3.92. The molecule has 5 heteroatoms. The average Bonchev–Trinajstić information content (AvgIpc) is 3.16. The fourth-order valence-electron chi connectivity index (χ4n) is 4.02. The van der Waals surface area contributed by atoms with Crippen molar-refractivity contribution in [3.05, 3.63) is 60.2 Å². The normalized spacial score (nSPS) is 11.1. The molecule has 0 aliphatic carbocycles. The van der Waals surface area contributed by atoms with E-state index in [4.69, 9.17) is 4.98 Å². The quantitative estimate of drug-likeness (QED) is 0.329. The van der Waals surface area contributed by atoms with E-state index >= 15 is 0 Å². The minimum atomic E-state index is -0.0689. The smallest absolute Gasteiger partial charge is 0.252 e. The monoisotopic (exact) mass is 420 g/mol. The van der Waals surface area contributed by atoms with Crippen molar-refractivity contribution in [2.75, 3.05) is 6.54 Å². The van der Waals surface area contributed by atoms with Crippen LogP contribution < -0.4 is 5.32 Å². The van der Waals surface area contributed by atoms with Crippen LogP contribution in [0.15, 0.2) is 48.8 Å². The Morgan fingerprint density at radius 3 is 2.48 bits per heavy atom. The van der Waals surface area contributed by atoms with Crippen LogP contribution in [0.5, 0.6) is 0 Å². The van der Waals surface area contributed by atoms with Crippen LogP contribution in [-0.4, -0.2) is 27.0 Å². The number of unbranched alkanes of at least 4 members (excludes halogenated alkanes) is 7. The van der Waals surface area contributed by atoms with E-state index < -0.39 is 0 Å². The van der Waals surface area contributed by atoms with Gasteiger partial charge in [-0.1, -0.05) is 64.0 Å². The Bertz CT molecular complexity index is 920. The second-order valence-electron chi connectivity index (χ2n) is 8.24. The Morgan fingerprint density at radius 2 is 1.71 bits per heavy atom. The molecule has 1 aromatic carbocycles. The number of nitrogens with zero attached hydrogens (tertiary/aromatic N) is 3. The van der Waals surface area contributed by atoms with Gasteiger partial charge in [-0.15, -0.1) is 0 Å². The largest absolute Gasteiger partial charge is 0.352 e. The van der Waals surface area contributed by atoms with Crippen molar-refractivity contribution in [1.82, 2.24) is 19.9 Å². The predicted molar refractivity (Wildman–Crippen MR) is 127 cm³/mol. The van der Waals surface area contributed by atoms with Crippen LogP contribution in [0.2, 0.25) is 0 Å². The number of amides is 1. The van der Waals surface area contributed by atoms with E-state index in [1.54, 1.807) is 24.5 Å². The van der Waals surface area contributed by atoms with Crippen molar-refractivity contribution in [3.63, 3.8) is 0 Å². The lowest BCUT2D eigenvalue weighted by molar-refractivity contribution is 0.0952. The topological polar surface area (TPSA) is 59.8 Å². The molecule has 2 aromatic heterocycles. The zero-order valence-corrected chi connectivity index (χ0v) is 18.9. The number of hydrogen-bond donors (Lipinski definition) is 1. The van der Waals surface area contributed by atoms with Crippen LogP contribution in [0.3, 0.4) is 0 Å². The van der Waals surface area contributed by atoms with E-state index in [-0.39, 0.29) is 5.91 Å². The molecule has 2 heterocycles. The van der Waals surface area contributed by atoms with Gasteiger partial charge in [-0.2, -0.15) is 0 Å². The maximum absolute atomic E-state index is 12.2. The summed E-state index contributed by atoms with van der Waals surface area (Å²) in [6.07, 6.45) is 15.6. The van der Waals surface area contributed by atoms with E-state index in [1.807, 2.05) is 6.07 Å². The molecule has 5 nitrogen and oxygen atoms in total. The second-order valence-corrected chi connectivity index (χ2v) is 8.24. The predicted octanol–water partition coefficient (Wildman–Crippen LogP) is 5.93. The zero-order valence-electron chi connectivity index (χ0n) is 18.9. The zero-order chi connectivity index (χ0) is 21.7. The fraction of sp³-hybridized carbons (Fsp3) is 0.500. The minimum absolute atomic E-state index is 0.0689. The van der Waals surface area contributed by atoms with Gasteiger partial charge in [-0.3, -0.25) is 9.78 Å². The van der Waals surface area contributed by atoms with Gasteiger partial charge in [0.2, 0.25) is 0 Å². The number of aromatic nitrogens is 3. The summed E-state index contributed by atoms with van der Waals surface area (Å²) in [5.74, 6) is 1.06. The van der Waals surface area contributed by atoms with Crippen molar-refractivity contribution < 1.29 is 4.79 Å². The molecule has 1 N–H and O–H groups in total. The molecule has 0 saturated carbocycles. The number of fused-ring (bicyclic) bond motifs is 1. The first-order valence-corrected chi connectivity index (χ1v) is 11.9. The highest BCUT2D eigenvalue weighted by atomic mass is 16.1. The number of benzene rings is 1. The number of imidazole rings is 1. The van der Waals surface area contributed by atoms with Crippen LogP contribution >= 0.6 is 0 Å². The number of rotatable bonds is 14. The summed E-state index contributed by atoms with van der Waals surface area (Å²) in [7, 11) is 0. The molecule has 0 fully saturated rings. The molecule has 166 valence electrons. The molecular formula is C26H36N4O. The Hall–Kier alpha value is -2.69. The van der Waals surface area contributed by atoms with Gasteiger partial charge in [0.1, 0.15) is 5.82 Å². The van der Waals surface area contributed by atoms with E-state index in [0.717, 1.165) is 30.7 Å². The number of carbonyl (C=O) groups is 1. The molecule has 0 radical (unpaired) electrons. The Kier molecular flexibility index (Phi) is 9.55.